The van der Waals surface area contributed by atoms with E-state index >= 15 is 0 Å². The van der Waals surface area contributed by atoms with Crippen LogP contribution in [0.25, 0.3) is 6.08 Å². The summed E-state index contributed by atoms with van der Waals surface area (Å²) in [6.07, 6.45) is 2.12. The molecule has 7 heteroatoms. The molecule has 5 nitrogen and oxygen atoms in total. The van der Waals surface area contributed by atoms with Gasteiger partial charge in [-0.2, -0.15) is 0 Å². The summed E-state index contributed by atoms with van der Waals surface area (Å²) in [5.41, 5.74) is 2.53. The highest BCUT2D eigenvalue weighted by Gasteiger charge is 2.18. The molecule has 0 aliphatic carbocycles. The molecule has 0 radical (unpaired) electrons. The predicted octanol–water partition coefficient (Wildman–Crippen LogP) is 1.96. The number of rotatable bonds is 5. The second-order valence-electron chi connectivity index (χ2n) is 5.74. The molecule has 1 aliphatic heterocycles. The highest BCUT2D eigenvalue weighted by Crippen LogP contribution is 2.37. The first kappa shape index (κ1) is 17.5. The molecule has 3 rings (SSSR count). The SMILES string of the molecule is CC(=O)/C(=C/c1ccc(B(O)O)cc1)Cc1cc2c(cc1Cl)OCO2. The topological polar surface area (TPSA) is 76.0 Å². The summed E-state index contributed by atoms with van der Waals surface area (Å²) >= 11 is 6.29. The third kappa shape index (κ3) is 4.04. The smallest absolute Gasteiger partial charge is 0.454 e. The zero-order valence-corrected chi connectivity index (χ0v) is 14.3. The molecule has 1 aliphatic rings. The molecular weight excluding hydrogens is 342 g/mol. The maximum atomic E-state index is 12.0. The zero-order chi connectivity index (χ0) is 18.0. The second kappa shape index (κ2) is 7.31. The molecule has 0 spiro atoms. The fraction of sp³-hybridized carbons (Fsp3) is 0.167. The van der Waals surface area contributed by atoms with Crippen LogP contribution in [0.1, 0.15) is 18.1 Å². The Morgan fingerprint density at radius 2 is 1.84 bits per heavy atom. The Bertz CT molecular complexity index is 830. The number of ether oxygens (including phenoxy) is 2. The third-order valence-electron chi connectivity index (χ3n) is 3.95. The van der Waals surface area contributed by atoms with Crippen molar-refractivity contribution < 1.29 is 24.3 Å². The largest absolute Gasteiger partial charge is 0.488 e. The molecule has 0 saturated heterocycles. The summed E-state index contributed by atoms with van der Waals surface area (Å²) in [5.74, 6) is 1.14. The minimum atomic E-state index is -1.52. The van der Waals surface area contributed by atoms with Gasteiger partial charge < -0.3 is 19.5 Å². The van der Waals surface area contributed by atoms with Crippen molar-refractivity contribution in [3.05, 3.63) is 58.1 Å². The molecule has 0 unspecified atom stereocenters. The van der Waals surface area contributed by atoms with E-state index in [0.717, 1.165) is 11.1 Å². The van der Waals surface area contributed by atoms with Crippen molar-refractivity contribution in [2.24, 2.45) is 0 Å². The lowest BCUT2D eigenvalue weighted by molar-refractivity contribution is -0.113. The summed E-state index contributed by atoms with van der Waals surface area (Å²) in [5, 5.41) is 18.8. The number of ketones is 1. The Hall–Kier alpha value is -2.28. The Kier molecular flexibility index (Phi) is 5.13. The van der Waals surface area contributed by atoms with Crippen molar-refractivity contribution in [3.8, 4) is 11.5 Å². The van der Waals surface area contributed by atoms with Gasteiger partial charge in [0.05, 0.1) is 0 Å². The van der Waals surface area contributed by atoms with Crippen LogP contribution in [-0.2, 0) is 11.2 Å². The summed E-state index contributed by atoms with van der Waals surface area (Å²) in [6.45, 7) is 1.66. The van der Waals surface area contributed by atoms with Gasteiger partial charge in [0, 0.05) is 17.5 Å². The summed E-state index contributed by atoms with van der Waals surface area (Å²) in [4.78, 5) is 12.0. The first-order valence-electron chi connectivity index (χ1n) is 7.69. The van der Waals surface area contributed by atoms with Crippen molar-refractivity contribution >= 4 is 36.0 Å². The maximum Gasteiger partial charge on any atom is 0.488 e. The molecule has 25 heavy (non-hydrogen) atoms. The molecule has 1 heterocycles. The number of halogens is 1. The first-order valence-corrected chi connectivity index (χ1v) is 8.07. The van der Waals surface area contributed by atoms with Crippen LogP contribution >= 0.6 is 11.6 Å². The molecule has 2 aromatic rings. The van der Waals surface area contributed by atoms with Gasteiger partial charge in [-0.05, 0) is 41.2 Å². The van der Waals surface area contributed by atoms with Gasteiger partial charge in [-0.1, -0.05) is 35.9 Å². The maximum absolute atomic E-state index is 12.0. The van der Waals surface area contributed by atoms with Gasteiger partial charge in [0.2, 0.25) is 6.79 Å². The fourth-order valence-electron chi connectivity index (χ4n) is 2.54. The fourth-order valence-corrected chi connectivity index (χ4v) is 2.76. The van der Waals surface area contributed by atoms with E-state index in [1.54, 1.807) is 42.5 Å². The van der Waals surface area contributed by atoms with Gasteiger partial charge in [0.25, 0.3) is 0 Å². The van der Waals surface area contributed by atoms with Crippen LogP contribution < -0.4 is 14.9 Å². The molecule has 2 N–H and O–H groups in total. The number of hydrogen-bond donors (Lipinski definition) is 2. The Labute approximate surface area is 150 Å². The normalized spacial score (nSPS) is 13.0. The molecule has 0 bridgehead atoms. The summed E-state index contributed by atoms with van der Waals surface area (Å²) in [6, 6.07) is 10.1. The highest BCUT2D eigenvalue weighted by molar-refractivity contribution is 6.58. The number of carbonyl (C=O) groups is 1. The molecule has 0 aromatic heterocycles. The minimum absolute atomic E-state index is 0.0694. The lowest BCUT2D eigenvalue weighted by Crippen LogP contribution is -2.29. The summed E-state index contributed by atoms with van der Waals surface area (Å²) in [7, 11) is -1.52. The number of carbonyl (C=O) groups excluding carboxylic acids is 1. The van der Waals surface area contributed by atoms with Crippen LogP contribution in [0.4, 0.5) is 0 Å². The van der Waals surface area contributed by atoms with Crippen LogP contribution in [0.2, 0.25) is 5.02 Å². The van der Waals surface area contributed by atoms with E-state index in [-0.39, 0.29) is 12.6 Å². The Morgan fingerprint density at radius 1 is 1.20 bits per heavy atom. The van der Waals surface area contributed by atoms with Crippen molar-refractivity contribution in [1.82, 2.24) is 0 Å². The van der Waals surface area contributed by atoms with Crippen molar-refractivity contribution in [2.45, 2.75) is 13.3 Å². The number of fused-ring (bicyclic) bond motifs is 1. The quantitative estimate of drug-likeness (QED) is 0.631. The number of hydrogen-bond acceptors (Lipinski definition) is 5. The van der Waals surface area contributed by atoms with E-state index in [2.05, 4.69) is 0 Å². The minimum Gasteiger partial charge on any atom is -0.454 e. The van der Waals surface area contributed by atoms with E-state index < -0.39 is 7.12 Å². The highest BCUT2D eigenvalue weighted by atomic mass is 35.5. The summed E-state index contributed by atoms with van der Waals surface area (Å²) < 4.78 is 10.6. The van der Waals surface area contributed by atoms with Crippen LogP contribution in [-0.4, -0.2) is 29.7 Å². The van der Waals surface area contributed by atoms with Gasteiger partial charge in [-0.25, -0.2) is 0 Å². The van der Waals surface area contributed by atoms with Gasteiger partial charge in [0.1, 0.15) is 0 Å². The van der Waals surface area contributed by atoms with Gasteiger partial charge in [-0.15, -0.1) is 0 Å². The number of allylic oxidation sites excluding steroid dienone is 1. The Balaban J connectivity index is 1.88. The van der Waals surface area contributed by atoms with Crippen molar-refractivity contribution in [2.75, 3.05) is 6.79 Å². The molecule has 0 saturated carbocycles. The van der Waals surface area contributed by atoms with E-state index in [0.29, 0.717) is 34.0 Å². The lowest BCUT2D eigenvalue weighted by Gasteiger charge is -2.09. The second-order valence-corrected chi connectivity index (χ2v) is 6.15. The van der Waals surface area contributed by atoms with Crippen LogP contribution in [0.3, 0.4) is 0 Å². The van der Waals surface area contributed by atoms with Crippen molar-refractivity contribution in [1.29, 1.82) is 0 Å². The predicted molar refractivity (Wildman–Crippen MR) is 96.2 cm³/mol. The lowest BCUT2D eigenvalue weighted by atomic mass is 9.80. The van der Waals surface area contributed by atoms with E-state index in [1.165, 1.54) is 6.92 Å². The molecular formula is C18H16BClO5. The van der Waals surface area contributed by atoms with Crippen LogP contribution in [0.15, 0.2) is 42.0 Å². The number of benzene rings is 2. The Morgan fingerprint density at radius 3 is 2.44 bits per heavy atom. The molecule has 2 aromatic carbocycles. The zero-order valence-electron chi connectivity index (χ0n) is 13.5. The van der Waals surface area contributed by atoms with Crippen LogP contribution in [0.5, 0.6) is 11.5 Å². The number of Topliss-reactive ketones (excluding diaryl/α,β-unsaturated/α-hetero) is 1. The van der Waals surface area contributed by atoms with E-state index in [4.69, 9.17) is 31.1 Å². The standard InChI is InChI=1S/C18H16BClO5/c1-11(21)13(6-12-2-4-15(5-3-12)19(22)23)7-14-8-17-18(9-16(14)20)25-10-24-17/h2-6,8-9,22-23H,7,10H2,1H3/b13-6+. The van der Waals surface area contributed by atoms with Gasteiger partial charge in [-0.3, -0.25) is 4.79 Å². The average molecular weight is 359 g/mol. The van der Waals surface area contributed by atoms with E-state index in [1.807, 2.05) is 0 Å². The monoisotopic (exact) mass is 358 g/mol. The molecule has 0 atom stereocenters. The van der Waals surface area contributed by atoms with Gasteiger partial charge >= 0.3 is 7.12 Å². The third-order valence-corrected chi connectivity index (χ3v) is 4.30. The molecule has 0 amide bonds. The van der Waals surface area contributed by atoms with E-state index in [9.17, 15) is 4.79 Å². The van der Waals surface area contributed by atoms with Crippen molar-refractivity contribution in [3.63, 3.8) is 0 Å². The first-order chi connectivity index (χ1) is 11.9. The van der Waals surface area contributed by atoms with Crippen LogP contribution in [0, 0.1) is 0 Å². The van der Waals surface area contributed by atoms with Gasteiger partial charge in [0.15, 0.2) is 17.3 Å². The molecule has 128 valence electrons. The average Bonchev–Trinajstić information content (AvgIpc) is 3.01. The molecule has 0 fully saturated rings.